The maximum Gasteiger partial charge on any atom is 0.129 e. The van der Waals surface area contributed by atoms with Crippen molar-refractivity contribution in [3.63, 3.8) is 0 Å². The van der Waals surface area contributed by atoms with E-state index in [9.17, 15) is 4.79 Å². The van der Waals surface area contributed by atoms with Gasteiger partial charge in [-0.2, -0.15) is 0 Å². The maximum atomic E-state index is 10.5. The predicted molar refractivity (Wildman–Crippen MR) is 48.6 cm³/mol. The molecule has 0 bridgehead atoms. The van der Waals surface area contributed by atoms with Crippen molar-refractivity contribution < 1.29 is 4.79 Å². The van der Waals surface area contributed by atoms with Crippen LogP contribution in [0.2, 0.25) is 0 Å². The number of ketones is 1. The Balaban J connectivity index is 2.97. The van der Waals surface area contributed by atoms with E-state index >= 15 is 0 Å². The lowest BCUT2D eigenvalue weighted by molar-refractivity contribution is -0.117. The van der Waals surface area contributed by atoms with Crippen molar-refractivity contribution in [3.05, 3.63) is 0 Å². The van der Waals surface area contributed by atoms with Crippen LogP contribution in [0.1, 0.15) is 52.9 Å². The summed E-state index contributed by atoms with van der Waals surface area (Å²) in [6.07, 6.45) is 5.67. The average molecular weight is 156 g/mol. The second-order valence-electron chi connectivity index (χ2n) is 3.70. The van der Waals surface area contributed by atoms with Gasteiger partial charge in [0.2, 0.25) is 0 Å². The number of hydrogen-bond acceptors (Lipinski definition) is 1. The highest BCUT2D eigenvalue weighted by Gasteiger charge is 1.95. The zero-order valence-corrected chi connectivity index (χ0v) is 8.02. The third-order valence-electron chi connectivity index (χ3n) is 1.81. The first-order valence-electron chi connectivity index (χ1n) is 4.62. The highest BCUT2D eigenvalue weighted by Crippen LogP contribution is 2.09. The largest absolute Gasteiger partial charge is 0.300 e. The Bertz CT molecular complexity index is 105. The van der Waals surface area contributed by atoms with Crippen molar-refractivity contribution in [1.82, 2.24) is 0 Å². The Labute approximate surface area is 70.2 Å². The van der Waals surface area contributed by atoms with Crippen LogP contribution in [0.25, 0.3) is 0 Å². The summed E-state index contributed by atoms with van der Waals surface area (Å²) in [5.74, 6) is 1.14. The zero-order valence-electron chi connectivity index (χ0n) is 8.02. The van der Waals surface area contributed by atoms with Gasteiger partial charge in [0.25, 0.3) is 0 Å². The highest BCUT2D eigenvalue weighted by molar-refractivity contribution is 5.75. The van der Waals surface area contributed by atoms with E-state index in [2.05, 4.69) is 13.8 Å². The first kappa shape index (κ1) is 10.7. The first-order valence-corrected chi connectivity index (χ1v) is 4.62. The molecule has 0 heterocycles. The van der Waals surface area contributed by atoms with Gasteiger partial charge in [-0.05, 0) is 19.3 Å². The van der Waals surface area contributed by atoms with Gasteiger partial charge in [0.05, 0.1) is 0 Å². The van der Waals surface area contributed by atoms with Gasteiger partial charge in [-0.15, -0.1) is 0 Å². The molecule has 0 N–H and O–H groups in total. The summed E-state index contributed by atoms with van der Waals surface area (Å²) in [5.41, 5.74) is 0. The van der Waals surface area contributed by atoms with Gasteiger partial charge in [-0.3, -0.25) is 0 Å². The normalized spacial score (nSPS) is 10.5. The van der Waals surface area contributed by atoms with Crippen LogP contribution in [0.3, 0.4) is 0 Å². The van der Waals surface area contributed by atoms with Gasteiger partial charge >= 0.3 is 0 Å². The number of Topliss-reactive ketones (excluding diaryl/α,β-unsaturated/α-hetero) is 1. The lowest BCUT2D eigenvalue weighted by Crippen LogP contribution is -1.91. The third kappa shape index (κ3) is 9.67. The van der Waals surface area contributed by atoms with E-state index in [4.69, 9.17) is 0 Å². The number of rotatable bonds is 6. The molecule has 11 heavy (non-hydrogen) atoms. The summed E-state index contributed by atoms with van der Waals surface area (Å²) < 4.78 is 0. The smallest absolute Gasteiger partial charge is 0.129 e. The zero-order chi connectivity index (χ0) is 8.69. The van der Waals surface area contributed by atoms with Crippen LogP contribution >= 0.6 is 0 Å². The highest BCUT2D eigenvalue weighted by atomic mass is 16.1. The average Bonchev–Trinajstić information content (AvgIpc) is 1.85. The van der Waals surface area contributed by atoms with E-state index in [-0.39, 0.29) is 0 Å². The van der Waals surface area contributed by atoms with Crippen LogP contribution in [-0.4, -0.2) is 5.78 Å². The molecule has 1 heteroatoms. The van der Waals surface area contributed by atoms with Crippen LogP contribution < -0.4 is 0 Å². The molecule has 0 unspecified atom stereocenters. The Morgan fingerprint density at radius 2 is 1.82 bits per heavy atom. The molecular formula is C10H20O. The van der Waals surface area contributed by atoms with Crippen molar-refractivity contribution in [3.8, 4) is 0 Å². The Morgan fingerprint density at radius 3 is 2.27 bits per heavy atom. The molecule has 0 fully saturated rings. The minimum Gasteiger partial charge on any atom is -0.300 e. The summed E-state index contributed by atoms with van der Waals surface area (Å²) in [5, 5.41) is 0. The summed E-state index contributed by atoms with van der Waals surface area (Å²) in [4.78, 5) is 10.5. The molecular weight excluding hydrogens is 136 g/mol. The molecule has 0 saturated heterocycles. The molecule has 0 radical (unpaired) electrons. The van der Waals surface area contributed by atoms with Gasteiger partial charge < -0.3 is 4.79 Å². The van der Waals surface area contributed by atoms with Crippen molar-refractivity contribution >= 4 is 5.78 Å². The molecule has 0 aromatic rings. The number of hydrogen-bond donors (Lipinski definition) is 0. The number of carbonyl (C=O) groups is 1. The van der Waals surface area contributed by atoms with E-state index in [1.165, 1.54) is 19.3 Å². The fourth-order valence-corrected chi connectivity index (χ4v) is 1.10. The Kier molecular flexibility index (Phi) is 6.19. The van der Waals surface area contributed by atoms with Gasteiger partial charge in [0, 0.05) is 6.42 Å². The monoisotopic (exact) mass is 156 g/mol. The SMILES string of the molecule is CC(=O)CCCCCC(C)C. The molecule has 0 aromatic carbocycles. The molecule has 0 rings (SSSR count). The quantitative estimate of drug-likeness (QED) is 0.540. The summed E-state index contributed by atoms with van der Waals surface area (Å²) >= 11 is 0. The molecule has 66 valence electrons. The predicted octanol–water partition coefficient (Wildman–Crippen LogP) is 3.18. The Hall–Kier alpha value is -0.330. The van der Waals surface area contributed by atoms with Gasteiger partial charge in [-0.25, -0.2) is 0 Å². The van der Waals surface area contributed by atoms with Crippen LogP contribution in [0.15, 0.2) is 0 Å². The van der Waals surface area contributed by atoms with Crippen molar-refractivity contribution in [2.45, 2.75) is 52.9 Å². The van der Waals surface area contributed by atoms with Crippen LogP contribution in [0.4, 0.5) is 0 Å². The molecule has 0 spiro atoms. The molecule has 0 atom stereocenters. The summed E-state index contributed by atoms with van der Waals surface area (Å²) in [6, 6.07) is 0. The topological polar surface area (TPSA) is 17.1 Å². The molecule has 0 aliphatic rings. The lowest BCUT2D eigenvalue weighted by atomic mass is 10.0. The molecule has 0 aliphatic carbocycles. The third-order valence-corrected chi connectivity index (χ3v) is 1.81. The fourth-order valence-electron chi connectivity index (χ4n) is 1.10. The van der Waals surface area contributed by atoms with E-state index in [1.807, 2.05) is 0 Å². The van der Waals surface area contributed by atoms with Crippen molar-refractivity contribution in [2.75, 3.05) is 0 Å². The summed E-state index contributed by atoms with van der Waals surface area (Å²) in [6.45, 7) is 6.15. The van der Waals surface area contributed by atoms with Gasteiger partial charge in [-0.1, -0.05) is 33.1 Å². The Morgan fingerprint density at radius 1 is 1.18 bits per heavy atom. The van der Waals surface area contributed by atoms with Crippen molar-refractivity contribution in [1.29, 1.82) is 0 Å². The molecule has 0 aliphatic heterocycles. The molecule has 0 aromatic heterocycles. The summed E-state index contributed by atoms with van der Waals surface area (Å²) in [7, 11) is 0. The standard InChI is InChI=1S/C10H20O/c1-9(2)7-5-4-6-8-10(3)11/h9H,4-8H2,1-3H3. The molecule has 0 saturated carbocycles. The van der Waals surface area contributed by atoms with Crippen LogP contribution in [0.5, 0.6) is 0 Å². The minimum atomic E-state index is 0.328. The van der Waals surface area contributed by atoms with E-state index in [0.717, 1.165) is 18.8 Å². The minimum absolute atomic E-state index is 0.328. The molecule has 0 amide bonds. The second-order valence-corrected chi connectivity index (χ2v) is 3.70. The van der Waals surface area contributed by atoms with Crippen LogP contribution in [0, 0.1) is 5.92 Å². The van der Waals surface area contributed by atoms with E-state index in [0.29, 0.717) is 5.78 Å². The van der Waals surface area contributed by atoms with Gasteiger partial charge in [0.1, 0.15) is 5.78 Å². The number of carbonyl (C=O) groups excluding carboxylic acids is 1. The van der Waals surface area contributed by atoms with Gasteiger partial charge in [0.15, 0.2) is 0 Å². The molecule has 1 nitrogen and oxygen atoms in total. The van der Waals surface area contributed by atoms with Crippen molar-refractivity contribution in [2.24, 2.45) is 5.92 Å². The maximum absolute atomic E-state index is 10.5. The second kappa shape index (κ2) is 6.38. The van der Waals surface area contributed by atoms with E-state index < -0.39 is 0 Å². The van der Waals surface area contributed by atoms with Crippen LogP contribution in [-0.2, 0) is 4.79 Å². The lowest BCUT2D eigenvalue weighted by Gasteiger charge is -2.02. The number of unbranched alkanes of at least 4 members (excludes halogenated alkanes) is 2. The first-order chi connectivity index (χ1) is 5.13. The van der Waals surface area contributed by atoms with E-state index in [1.54, 1.807) is 6.92 Å². The fraction of sp³-hybridized carbons (Fsp3) is 0.900.